The van der Waals surface area contributed by atoms with Crippen molar-refractivity contribution in [3.05, 3.63) is 60.9 Å². The minimum absolute atomic E-state index is 0.410. The van der Waals surface area contributed by atoms with Crippen molar-refractivity contribution in [3.8, 4) is 45.4 Å². The molecule has 0 bridgehead atoms. The van der Waals surface area contributed by atoms with Crippen molar-refractivity contribution in [3.63, 3.8) is 0 Å². The number of rotatable bonds is 10. The fourth-order valence-electron chi connectivity index (χ4n) is 4.18. The first-order valence-electron chi connectivity index (χ1n) is 13.0. The van der Waals surface area contributed by atoms with Gasteiger partial charge in [-0.3, -0.25) is 0 Å². The Bertz CT molecular complexity index is 1480. The quantitative estimate of drug-likeness (QED) is 0.232. The van der Waals surface area contributed by atoms with Crippen LogP contribution in [0, 0.1) is 0 Å². The van der Waals surface area contributed by atoms with Crippen LogP contribution in [-0.4, -0.2) is 56.1 Å². The minimum atomic E-state index is -0.529. The standard InChI is InChI=1S/C31H35N3O6/c1-31(2,3)40-30(35)32-14-7-15-39-26-13-9-21(17-28(26)38-6)20-8-11-24-23(16-20)29(34-19-33-24)22-10-12-25(36-4)27(18-22)37-5/h8-13,16-19H,7,14-15H2,1-6H3,(H,32,35). The average Bonchev–Trinajstić information content (AvgIpc) is 2.95. The third-order valence-corrected chi connectivity index (χ3v) is 6.04. The second-order valence-electron chi connectivity index (χ2n) is 10.0. The zero-order valence-corrected chi connectivity index (χ0v) is 23.7. The first-order valence-corrected chi connectivity index (χ1v) is 13.0. The lowest BCUT2D eigenvalue weighted by atomic mass is 10.00. The van der Waals surface area contributed by atoms with Crippen molar-refractivity contribution in [1.82, 2.24) is 15.3 Å². The Morgan fingerprint density at radius 1 is 0.775 bits per heavy atom. The van der Waals surface area contributed by atoms with Crippen LogP contribution in [0.2, 0.25) is 0 Å². The molecule has 3 aromatic carbocycles. The number of carbonyl (C=O) groups excluding carboxylic acids is 1. The average molecular weight is 546 g/mol. The maximum Gasteiger partial charge on any atom is 0.407 e. The molecule has 210 valence electrons. The highest BCUT2D eigenvalue weighted by molar-refractivity contribution is 5.95. The number of amides is 1. The Balaban J connectivity index is 1.51. The lowest BCUT2D eigenvalue weighted by molar-refractivity contribution is 0.0525. The molecule has 9 nitrogen and oxygen atoms in total. The van der Waals surface area contributed by atoms with Crippen molar-refractivity contribution in [1.29, 1.82) is 0 Å². The van der Waals surface area contributed by atoms with Gasteiger partial charge in [0, 0.05) is 17.5 Å². The van der Waals surface area contributed by atoms with Crippen LogP contribution in [0.3, 0.4) is 0 Å². The van der Waals surface area contributed by atoms with E-state index in [9.17, 15) is 4.79 Å². The summed E-state index contributed by atoms with van der Waals surface area (Å²) in [7, 11) is 4.83. The van der Waals surface area contributed by atoms with Crippen LogP contribution >= 0.6 is 0 Å². The fraction of sp³-hybridized carbons (Fsp3) is 0.323. The van der Waals surface area contributed by atoms with E-state index in [0.29, 0.717) is 42.6 Å². The zero-order valence-electron chi connectivity index (χ0n) is 23.7. The number of alkyl carbamates (subject to hydrolysis) is 1. The lowest BCUT2D eigenvalue weighted by Gasteiger charge is -2.19. The number of nitrogens with zero attached hydrogens (tertiary/aromatic N) is 2. The summed E-state index contributed by atoms with van der Waals surface area (Å²) >= 11 is 0. The Labute approximate surface area is 234 Å². The van der Waals surface area contributed by atoms with Crippen LogP contribution < -0.4 is 24.3 Å². The molecule has 0 saturated heterocycles. The van der Waals surface area contributed by atoms with E-state index < -0.39 is 11.7 Å². The fourth-order valence-corrected chi connectivity index (χ4v) is 4.18. The van der Waals surface area contributed by atoms with E-state index in [1.807, 2.05) is 69.3 Å². The molecule has 1 N–H and O–H groups in total. The molecular formula is C31H35N3O6. The van der Waals surface area contributed by atoms with Gasteiger partial charge in [-0.1, -0.05) is 12.1 Å². The molecule has 40 heavy (non-hydrogen) atoms. The summed E-state index contributed by atoms with van der Waals surface area (Å²) in [6.07, 6.45) is 1.74. The monoisotopic (exact) mass is 545 g/mol. The number of hydrogen-bond acceptors (Lipinski definition) is 8. The predicted molar refractivity (Wildman–Crippen MR) is 154 cm³/mol. The van der Waals surface area contributed by atoms with Gasteiger partial charge in [-0.15, -0.1) is 0 Å². The molecule has 0 radical (unpaired) electrons. The molecule has 4 aromatic rings. The number of nitrogens with one attached hydrogen (secondary N) is 1. The summed E-state index contributed by atoms with van der Waals surface area (Å²) < 4.78 is 27.7. The van der Waals surface area contributed by atoms with Crippen LogP contribution in [0.1, 0.15) is 27.2 Å². The highest BCUT2D eigenvalue weighted by Gasteiger charge is 2.16. The number of hydrogen-bond donors (Lipinski definition) is 1. The van der Waals surface area contributed by atoms with E-state index in [-0.39, 0.29) is 0 Å². The second kappa shape index (κ2) is 12.5. The van der Waals surface area contributed by atoms with Gasteiger partial charge in [0.15, 0.2) is 23.0 Å². The summed E-state index contributed by atoms with van der Waals surface area (Å²) in [5.74, 6) is 2.52. The zero-order chi connectivity index (χ0) is 28.7. The molecule has 1 heterocycles. The third kappa shape index (κ3) is 6.91. The Morgan fingerprint density at radius 3 is 2.12 bits per heavy atom. The Hall–Kier alpha value is -4.53. The van der Waals surface area contributed by atoms with Crippen LogP contribution in [0.4, 0.5) is 4.79 Å². The second-order valence-corrected chi connectivity index (χ2v) is 10.0. The van der Waals surface area contributed by atoms with Gasteiger partial charge in [0.25, 0.3) is 0 Å². The number of aromatic nitrogens is 2. The Kier molecular flexibility index (Phi) is 8.93. The summed E-state index contributed by atoms with van der Waals surface area (Å²) in [4.78, 5) is 20.8. The van der Waals surface area contributed by atoms with Crippen molar-refractivity contribution in [2.75, 3.05) is 34.5 Å². The molecule has 1 aromatic heterocycles. The van der Waals surface area contributed by atoms with Crippen molar-refractivity contribution >= 4 is 17.0 Å². The van der Waals surface area contributed by atoms with Crippen LogP contribution in [0.15, 0.2) is 60.9 Å². The number of fused-ring (bicyclic) bond motifs is 1. The third-order valence-electron chi connectivity index (χ3n) is 6.04. The molecule has 0 aliphatic rings. The summed E-state index contributed by atoms with van der Waals surface area (Å²) in [6.45, 7) is 6.34. The molecule has 9 heteroatoms. The van der Waals surface area contributed by atoms with Crippen LogP contribution in [0.25, 0.3) is 33.3 Å². The maximum absolute atomic E-state index is 11.8. The topological polar surface area (TPSA) is 101 Å². The van der Waals surface area contributed by atoms with E-state index in [2.05, 4.69) is 21.4 Å². The lowest BCUT2D eigenvalue weighted by Crippen LogP contribution is -2.33. The van der Waals surface area contributed by atoms with Gasteiger partial charge in [0.2, 0.25) is 0 Å². The van der Waals surface area contributed by atoms with E-state index in [4.69, 9.17) is 23.7 Å². The molecule has 0 fully saturated rings. The largest absolute Gasteiger partial charge is 0.493 e. The summed E-state index contributed by atoms with van der Waals surface area (Å²) in [5, 5.41) is 3.64. The van der Waals surface area contributed by atoms with E-state index >= 15 is 0 Å². The van der Waals surface area contributed by atoms with E-state index in [1.165, 1.54) is 0 Å². The minimum Gasteiger partial charge on any atom is -0.493 e. The highest BCUT2D eigenvalue weighted by atomic mass is 16.6. The van der Waals surface area contributed by atoms with Gasteiger partial charge < -0.3 is 29.0 Å². The van der Waals surface area contributed by atoms with E-state index in [1.54, 1.807) is 27.7 Å². The number of methoxy groups -OCH3 is 3. The van der Waals surface area contributed by atoms with E-state index in [0.717, 1.165) is 33.3 Å². The van der Waals surface area contributed by atoms with Crippen LogP contribution in [0.5, 0.6) is 23.0 Å². The van der Waals surface area contributed by atoms with Gasteiger partial charge in [-0.05, 0) is 80.8 Å². The number of benzene rings is 3. The number of carbonyl (C=O) groups is 1. The van der Waals surface area contributed by atoms with Gasteiger partial charge in [-0.25, -0.2) is 14.8 Å². The molecule has 0 unspecified atom stereocenters. The first-order chi connectivity index (χ1) is 19.2. The predicted octanol–water partition coefficient (Wildman–Crippen LogP) is 6.28. The van der Waals surface area contributed by atoms with Crippen molar-refractivity contribution in [2.45, 2.75) is 32.8 Å². The normalized spacial score (nSPS) is 11.2. The molecule has 0 atom stereocenters. The van der Waals surface area contributed by atoms with Crippen molar-refractivity contribution in [2.24, 2.45) is 0 Å². The molecule has 0 spiro atoms. The smallest absolute Gasteiger partial charge is 0.407 e. The SMILES string of the molecule is COc1ccc(-c2ncnc3ccc(-c4ccc(OCCCNC(=O)OC(C)(C)C)c(OC)c4)cc23)cc1OC. The molecule has 1 amide bonds. The van der Waals surface area contributed by atoms with Crippen molar-refractivity contribution < 1.29 is 28.5 Å². The molecular weight excluding hydrogens is 510 g/mol. The number of ether oxygens (including phenoxy) is 5. The highest BCUT2D eigenvalue weighted by Crippen LogP contribution is 2.37. The van der Waals surface area contributed by atoms with Gasteiger partial charge in [0.1, 0.15) is 11.9 Å². The maximum atomic E-state index is 11.8. The first kappa shape index (κ1) is 28.5. The van der Waals surface area contributed by atoms with Crippen LogP contribution in [-0.2, 0) is 4.74 Å². The summed E-state index contributed by atoms with van der Waals surface area (Å²) in [6, 6.07) is 17.6. The molecule has 0 saturated carbocycles. The molecule has 4 rings (SSSR count). The molecule has 0 aliphatic heterocycles. The van der Waals surface area contributed by atoms with Gasteiger partial charge in [-0.2, -0.15) is 0 Å². The van der Waals surface area contributed by atoms with Gasteiger partial charge >= 0.3 is 6.09 Å². The molecule has 0 aliphatic carbocycles. The Morgan fingerprint density at radius 2 is 1.40 bits per heavy atom. The summed E-state index contributed by atoms with van der Waals surface area (Å²) in [5.41, 5.74) is 3.92. The van der Waals surface area contributed by atoms with Gasteiger partial charge in [0.05, 0.1) is 39.1 Å².